The molecule has 0 saturated heterocycles. The van der Waals surface area contributed by atoms with Crippen LogP contribution in [0.1, 0.15) is 28.7 Å². The monoisotopic (exact) mass is 240 g/mol. The quantitative estimate of drug-likeness (QED) is 0.806. The molecule has 18 heavy (non-hydrogen) atoms. The Labute approximate surface area is 105 Å². The minimum absolute atomic E-state index is 0.111. The molecule has 0 fully saturated rings. The largest absolute Gasteiger partial charge is 0.387 e. The Morgan fingerprint density at radius 2 is 1.67 bits per heavy atom. The van der Waals surface area contributed by atoms with Crippen molar-refractivity contribution in [3.63, 3.8) is 0 Å². The van der Waals surface area contributed by atoms with E-state index in [0.29, 0.717) is 0 Å². The first-order valence-electron chi connectivity index (χ1n) is 5.96. The van der Waals surface area contributed by atoms with Crippen molar-refractivity contribution in [2.24, 2.45) is 0 Å². The number of aliphatic hydroxyl groups is 1. The molecule has 0 radical (unpaired) electrons. The summed E-state index contributed by atoms with van der Waals surface area (Å²) in [5.74, 6) is -0.367. The Bertz CT molecular complexity index is 586. The van der Waals surface area contributed by atoms with Gasteiger partial charge >= 0.3 is 0 Å². The molecule has 0 saturated carbocycles. The topological polar surface area (TPSA) is 20.2 Å². The molecule has 1 aliphatic rings. The van der Waals surface area contributed by atoms with E-state index in [0.717, 1.165) is 16.7 Å². The first kappa shape index (κ1) is 11.2. The normalized spacial score (nSPS) is 21.7. The molecular formula is C16H13FO. The van der Waals surface area contributed by atoms with Crippen LogP contribution in [0.3, 0.4) is 0 Å². The zero-order valence-electron chi connectivity index (χ0n) is 9.75. The summed E-state index contributed by atoms with van der Waals surface area (Å²) in [5, 5.41) is 10.4. The van der Waals surface area contributed by atoms with Gasteiger partial charge in [0.05, 0.1) is 6.10 Å². The maximum atomic E-state index is 12.9. The van der Waals surface area contributed by atoms with Gasteiger partial charge in [-0.05, 0) is 28.8 Å². The molecule has 0 heterocycles. The lowest BCUT2D eigenvalue weighted by atomic mass is 9.83. The van der Waals surface area contributed by atoms with Gasteiger partial charge in [-0.15, -0.1) is 0 Å². The summed E-state index contributed by atoms with van der Waals surface area (Å²) in [5.41, 5.74) is 2.90. The minimum Gasteiger partial charge on any atom is -0.387 e. The molecule has 2 aromatic rings. The Morgan fingerprint density at radius 1 is 0.944 bits per heavy atom. The molecule has 2 aromatic carbocycles. The average molecular weight is 240 g/mol. The molecular weight excluding hydrogens is 227 g/mol. The van der Waals surface area contributed by atoms with E-state index in [9.17, 15) is 9.50 Å². The van der Waals surface area contributed by atoms with Crippen molar-refractivity contribution in [3.8, 4) is 0 Å². The fourth-order valence-electron chi connectivity index (χ4n) is 2.42. The Morgan fingerprint density at radius 3 is 2.44 bits per heavy atom. The number of hydrogen-bond donors (Lipinski definition) is 1. The highest BCUT2D eigenvalue weighted by Gasteiger charge is 2.25. The van der Waals surface area contributed by atoms with Crippen LogP contribution in [-0.2, 0) is 0 Å². The van der Waals surface area contributed by atoms with Crippen LogP contribution in [0.5, 0.6) is 0 Å². The minimum atomic E-state index is -0.573. The van der Waals surface area contributed by atoms with Crippen LogP contribution < -0.4 is 0 Å². The van der Waals surface area contributed by atoms with Crippen LogP contribution >= 0.6 is 0 Å². The summed E-state index contributed by atoms with van der Waals surface area (Å²) < 4.78 is 12.9. The van der Waals surface area contributed by atoms with Crippen molar-refractivity contribution in [3.05, 3.63) is 77.1 Å². The van der Waals surface area contributed by atoms with Gasteiger partial charge in [-0.2, -0.15) is 0 Å². The molecule has 0 aliphatic heterocycles. The highest BCUT2D eigenvalue weighted by atomic mass is 19.1. The smallest absolute Gasteiger partial charge is 0.123 e. The number of benzene rings is 2. The van der Waals surface area contributed by atoms with E-state index >= 15 is 0 Å². The molecule has 2 heteroatoms. The molecule has 0 unspecified atom stereocenters. The first-order chi connectivity index (χ1) is 8.75. The summed E-state index contributed by atoms with van der Waals surface area (Å²) >= 11 is 0. The summed E-state index contributed by atoms with van der Waals surface area (Å²) in [6.07, 6.45) is 3.41. The van der Waals surface area contributed by atoms with Crippen LogP contribution in [0.4, 0.5) is 4.39 Å². The van der Waals surface area contributed by atoms with Gasteiger partial charge in [-0.25, -0.2) is 4.39 Å². The van der Waals surface area contributed by atoms with Crippen LogP contribution in [0, 0.1) is 5.82 Å². The molecule has 0 spiro atoms. The second kappa shape index (κ2) is 4.39. The molecule has 2 atom stereocenters. The van der Waals surface area contributed by atoms with Gasteiger partial charge in [-0.1, -0.05) is 48.6 Å². The zero-order chi connectivity index (χ0) is 12.5. The van der Waals surface area contributed by atoms with Crippen molar-refractivity contribution >= 4 is 6.08 Å². The molecule has 0 aromatic heterocycles. The van der Waals surface area contributed by atoms with Gasteiger partial charge in [0.2, 0.25) is 0 Å². The van der Waals surface area contributed by atoms with Crippen molar-refractivity contribution in [1.29, 1.82) is 0 Å². The lowest BCUT2D eigenvalue weighted by Crippen LogP contribution is -2.13. The van der Waals surface area contributed by atoms with Gasteiger partial charge in [0.1, 0.15) is 5.82 Å². The number of rotatable bonds is 1. The number of halogens is 1. The van der Waals surface area contributed by atoms with Gasteiger partial charge in [0.25, 0.3) is 0 Å². The summed E-state index contributed by atoms with van der Waals surface area (Å²) in [6, 6.07) is 14.1. The summed E-state index contributed by atoms with van der Waals surface area (Å²) in [7, 11) is 0. The van der Waals surface area contributed by atoms with Crippen molar-refractivity contribution in [2.75, 3.05) is 0 Å². The fraction of sp³-hybridized carbons (Fsp3) is 0.125. The van der Waals surface area contributed by atoms with E-state index in [4.69, 9.17) is 0 Å². The van der Waals surface area contributed by atoms with E-state index in [1.165, 1.54) is 12.1 Å². The molecule has 1 nitrogen and oxygen atoms in total. The predicted molar refractivity (Wildman–Crippen MR) is 69.6 cm³/mol. The average Bonchev–Trinajstić information content (AvgIpc) is 2.41. The zero-order valence-corrected chi connectivity index (χ0v) is 9.75. The van der Waals surface area contributed by atoms with Crippen molar-refractivity contribution in [1.82, 2.24) is 0 Å². The molecule has 90 valence electrons. The van der Waals surface area contributed by atoms with E-state index in [1.807, 2.05) is 36.4 Å². The van der Waals surface area contributed by atoms with Crippen molar-refractivity contribution < 1.29 is 9.50 Å². The number of aliphatic hydroxyl groups excluding tert-OH is 1. The van der Waals surface area contributed by atoms with E-state index in [1.54, 1.807) is 12.1 Å². The van der Waals surface area contributed by atoms with Crippen molar-refractivity contribution in [2.45, 2.75) is 12.0 Å². The Hall–Kier alpha value is -1.93. The lowest BCUT2D eigenvalue weighted by molar-refractivity contribution is 0.160. The van der Waals surface area contributed by atoms with Gasteiger partial charge in [-0.3, -0.25) is 0 Å². The predicted octanol–water partition coefficient (Wildman–Crippen LogP) is 3.67. The second-order valence-electron chi connectivity index (χ2n) is 4.51. The number of hydrogen-bond acceptors (Lipinski definition) is 1. The van der Waals surface area contributed by atoms with E-state index in [-0.39, 0.29) is 11.7 Å². The highest BCUT2D eigenvalue weighted by Crippen LogP contribution is 2.38. The maximum absolute atomic E-state index is 12.9. The fourth-order valence-corrected chi connectivity index (χ4v) is 2.42. The lowest BCUT2D eigenvalue weighted by Gasteiger charge is -2.26. The third-order valence-corrected chi connectivity index (χ3v) is 3.39. The number of fused-ring (bicyclic) bond motifs is 1. The van der Waals surface area contributed by atoms with Gasteiger partial charge in [0, 0.05) is 5.92 Å². The highest BCUT2D eigenvalue weighted by molar-refractivity contribution is 5.59. The van der Waals surface area contributed by atoms with E-state index in [2.05, 4.69) is 0 Å². The first-order valence-corrected chi connectivity index (χ1v) is 5.96. The van der Waals surface area contributed by atoms with E-state index < -0.39 is 6.10 Å². The Kier molecular flexibility index (Phi) is 2.73. The van der Waals surface area contributed by atoms with Crippen LogP contribution in [0.15, 0.2) is 54.6 Å². The van der Waals surface area contributed by atoms with Gasteiger partial charge < -0.3 is 5.11 Å². The molecule has 1 N–H and O–H groups in total. The molecule has 0 bridgehead atoms. The SMILES string of the molecule is O[C@@H]1c2ccccc2C=C[C@@H]1c1ccc(F)cc1. The van der Waals surface area contributed by atoms with Crippen LogP contribution in [-0.4, -0.2) is 5.11 Å². The molecule has 3 rings (SSSR count). The molecule has 1 aliphatic carbocycles. The van der Waals surface area contributed by atoms with Crippen LogP contribution in [0.25, 0.3) is 6.08 Å². The second-order valence-corrected chi connectivity index (χ2v) is 4.51. The summed E-state index contributed by atoms with van der Waals surface area (Å²) in [4.78, 5) is 0. The third-order valence-electron chi connectivity index (χ3n) is 3.39. The molecule has 0 amide bonds. The standard InChI is InChI=1S/C16H13FO/c17-13-8-5-12(6-9-13)15-10-7-11-3-1-2-4-14(11)16(15)18/h1-10,15-16,18H/t15-,16-/m1/s1. The van der Waals surface area contributed by atoms with Gasteiger partial charge in [0.15, 0.2) is 0 Å². The van der Waals surface area contributed by atoms with Crippen LogP contribution in [0.2, 0.25) is 0 Å². The third kappa shape index (κ3) is 1.85. The maximum Gasteiger partial charge on any atom is 0.123 e. The summed E-state index contributed by atoms with van der Waals surface area (Å²) in [6.45, 7) is 0. The Balaban J connectivity index is 2.00.